The van der Waals surface area contributed by atoms with Gasteiger partial charge in [0.2, 0.25) is 0 Å². The summed E-state index contributed by atoms with van der Waals surface area (Å²) in [5.74, 6) is 0.0110. The fourth-order valence-electron chi connectivity index (χ4n) is 5.74. The Morgan fingerprint density at radius 1 is 1.00 bits per heavy atom. The summed E-state index contributed by atoms with van der Waals surface area (Å²) >= 11 is 5.90. The van der Waals surface area contributed by atoms with E-state index in [1.54, 1.807) is 46.9 Å². The molecule has 0 bridgehead atoms. The number of imidazole rings is 2. The largest absolute Gasteiger partial charge is 0.349 e. The van der Waals surface area contributed by atoms with Crippen LogP contribution in [0.2, 0.25) is 5.02 Å². The molecule has 5 aromatic rings. The van der Waals surface area contributed by atoms with Gasteiger partial charge in [0, 0.05) is 38.2 Å². The van der Waals surface area contributed by atoms with Crippen LogP contribution >= 0.6 is 11.6 Å². The molecule has 1 saturated carbocycles. The molecule has 0 spiro atoms. The highest BCUT2D eigenvalue weighted by molar-refractivity contribution is 6.30. The number of para-hydroxylation sites is 2. The minimum absolute atomic E-state index is 0.112. The predicted octanol–water partition coefficient (Wildman–Crippen LogP) is 4.65. The van der Waals surface area contributed by atoms with Gasteiger partial charge in [-0.2, -0.15) is 0 Å². The van der Waals surface area contributed by atoms with Crippen molar-refractivity contribution >= 4 is 28.5 Å². The number of hydrogen-bond acceptors (Lipinski definition) is 5. The van der Waals surface area contributed by atoms with Crippen molar-refractivity contribution in [2.75, 3.05) is 0 Å². The van der Waals surface area contributed by atoms with E-state index in [1.165, 1.54) is 15.2 Å². The van der Waals surface area contributed by atoms with Gasteiger partial charge in [-0.15, -0.1) is 0 Å². The van der Waals surface area contributed by atoms with Crippen molar-refractivity contribution in [1.29, 1.82) is 0 Å². The van der Waals surface area contributed by atoms with E-state index in [0.717, 1.165) is 30.1 Å². The zero-order valence-corrected chi connectivity index (χ0v) is 23.9. The Kier molecular flexibility index (Phi) is 7.70. The number of rotatable bonds is 7. The molecule has 1 aliphatic rings. The standard InChI is InChI=1S/C30H28ClF2N7O3/c1-37-12-13-38(29(37)42)25-11-10-21(16-34-25)40-24-5-3-2-4-23(24)39(30(40)43)17-18-6-8-20(9-7-18)36-28(41)22-14-19(31)15-35-26(22)27(32)33/h2-5,10-16,18,20,27H,6-9,17H2,1H3,(H,36,41). The summed E-state index contributed by atoms with van der Waals surface area (Å²) in [4.78, 5) is 46.9. The van der Waals surface area contributed by atoms with Gasteiger partial charge < -0.3 is 9.88 Å². The maximum absolute atomic E-state index is 13.8. The number of pyridine rings is 2. The molecule has 6 rings (SSSR count). The number of halogens is 3. The van der Waals surface area contributed by atoms with Crippen molar-refractivity contribution in [1.82, 2.24) is 33.6 Å². The highest BCUT2D eigenvalue weighted by atomic mass is 35.5. The highest BCUT2D eigenvalue weighted by Crippen LogP contribution is 2.29. The molecule has 0 saturated heterocycles. The summed E-state index contributed by atoms with van der Waals surface area (Å²) < 4.78 is 33.0. The minimum atomic E-state index is -2.89. The molecule has 4 aromatic heterocycles. The Morgan fingerprint density at radius 2 is 1.74 bits per heavy atom. The molecule has 1 fully saturated rings. The Hall–Kier alpha value is -4.58. The van der Waals surface area contributed by atoms with Crippen LogP contribution in [0.25, 0.3) is 22.5 Å². The first-order chi connectivity index (χ1) is 20.7. The van der Waals surface area contributed by atoms with E-state index in [4.69, 9.17) is 11.6 Å². The molecular weight excluding hydrogens is 580 g/mol. The van der Waals surface area contributed by atoms with Gasteiger partial charge in [-0.3, -0.25) is 23.5 Å². The van der Waals surface area contributed by atoms with E-state index in [0.29, 0.717) is 30.9 Å². The second-order valence-corrected chi connectivity index (χ2v) is 11.2. The lowest BCUT2D eigenvalue weighted by Crippen LogP contribution is -2.39. The summed E-state index contributed by atoms with van der Waals surface area (Å²) in [6.07, 6.45) is 5.85. The third kappa shape index (κ3) is 5.50. The lowest BCUT2D eigenvalue weighted by atomic mass is 9.85. The molecule has 4 heterocycles. The van der Waals surface area contributed by atoms with E-state index < -0.39 is 18.0 Å². The molecule has 0 radical (unpaired) electrons. The topological polar surface area (TPSA) is 109 Å². The third-order valence-electron chi connectivity index (χ3n) is 7.98. The van der Waals surface area contributed by atoms with E-state index in [2.05, 4.69) is 15.3 Å². The molecule has 0 aliphatic heterocycles. The molecule has 0 unspecified atom stereocenters. The molecule has 222 valence electrons. The number of benzene rings is 1. The normalized spacial score (nSPS) is 17.0. The van der Waals surface area contributed by atoms with Gasteiger partial charge in [0.15, 0.2) is 0 Å². The van der Waals surface area contributed by atoms with Gasteiger partial charge >= 0.3 is 11.4 Å². The first-order valence-electron chi connectivity index (χ1n) is 13.9. The quantitative estimate of drug-likeness (QED) is 0.290. The summed E-state index contributed by atoms with van der Waals surface area (Å²) in [6, 6.07) is 12.0. The zero-order chi connectivity index (χ0) is 30.2. The number of nitrogens with one attached hydrogen (secondary N) is 1. The number of aromatic nitrogens is 6. The molecule has 0 atom stereocenters. The van der Waals surface area contributed by atoms with Crippen molar-refractivity contribution in [2.45, 2.75) is 44.7 Å². The van der Waals surface area contributed by atoms with Crippen molar-refractivity contribution in [3.63, 3.8) is 0 Å². The van der Waals surface area contributed by atoms with Crippen LogP contribution in [0.4, 0.5) is 8.78 Å². The summed E-state index contributed by atoms with van der Waals surface area (Å²) in [7, 11) is 1.66. The van der Waals surface area contributed by atoms with Crippen molar-refractivity contribution in [3.8, 4) is 11.5 Å². The van der Waals surface area contributed by atoms with Crippen LogP contribution in [0, 0.1) is 5.92 Å². The summed E-state index contributed by atoms with van der Waals surface area (Å²) in [6.45, 7) is 0.492. The van der Waals surface area contributed by atoms with Crippen LogP contribution in [0.1, 0.15) is 48.2 Å². The molecule has 1 amide bonds. The highest BCUT2D eigenvalue weighted by Gasteiger charge is 2.27. The summed E-state index contributed by atoms with van der Waals surface area (Å²) in [5, 5.41) is 2.97. The number of carbonyl (C=O) groups excluding carboxylic acids is 1. The number of carbonyl (C=O) groups is 1. The van der Waals surface area contributed by atoms with Gasteiger partial charge in [-0.25, -0.2) is 23.4 Å². The van der Waals surface area contributed by atoms with Gasteiger partial charge in [0.25, 0.3) is 12.3 Å². The van der Waals surface area contributed by atoms with Crippen molar-refractivity contribution < 1.29 is 13.6 Å². The van der Waals surface area contributed by atoms with E-state index in [1.807, 2.05) is 24.3 Å². The Balaban J connectivity index is 1.18. The molecule has 13 heteroatoms. The lowest BCUT2D eigenvalue weighted by Gasteiger charge is -2.29. The first-order valence-corrected chi connectivity index (χ1v) is 14.2. The molecule has 1 aliphatic carbocycles. The van der Waals surface area contributed by atoms with Crippen molar-refractivity contribution in [3.05, 3.63) is 105 Å². The van der Waals surface area contributed by atoms with Crippen LogP contribution in [-0.2, 0) is 13.6 Å². The number of fused-ring (bicyclic) bond motifs is 1. The molecular formula is C30H28ClF2N7O3. The Morgan fingerprint density at radius 3 is 2.40 bits per heavy atom. The van der Waals surface area contributed by atoms with Crippen molar-refractivity contribution in [2.24, 2.45) is 13.0 Å². The van der Waals surface area contributed by atoms with Gasteiger partial charge in [-0.05, 0) is 61.9 Å². The van der Waals surface area contributed by atoms with E-state index in [-0.39, 0.29) is 33.9 Å². The smallest absolute Gasteiger partial charge is 0.333 e. The Bertz CT molecular complexity index is 1920. The molecule has 43 heavy (non-hydrogen) atoms. The second kappa shape index (κ2) is 11.6. The van der Waals surface area contributed by atoms with Crippen LogP contribution < -0.4 is 16.7 Å². The fraction of sp³-hybridized carbons (Fsp3) is 0.300. The molecule has 1 N–H and O–H groups in total. The lowest BCUT2D eigenvalue weighted by molar-refractivity contribution is 0.0904. The fourth-order valence-corrected chi connectivity index (χ4v) is 5.90. The number of amides is 1. The summed E-state index contributed by atoms with van der Waals surface area (Å²) in [5.41, 5.74) is 0.883. The zero-order valence-electron chi connectivity index (χ0n) is 23.2. The third-order valence-corrected chi connectivity index (χ3v) is 8.19. The Labute approximate surface area is 249 Å². The van der Waals surface area contributed by atoms with Gasteiger partial charge in [0.05, 0.1) is 33.5 Å². The first kappa shape index (κ1) is 28.5. The molecule has 10 nitrogen and oxygen atoms in total. The van der Waals surface area contributed by atoms with Crippen LogP contribution in [-0.4, -0.2) is 40.2 Å². The maximum atomic E-state index is 13.8. The van der Waals surface area contributed by atoms with Crippen LogP contribution in [0.3, 0.4) is 0 Å². The van der Waals surface area contributed by atoms with E-state index in [9.17, 15) is 23.2 Å². The molecule has 1 aromatic carbocycles. The predicted molar refractivity (Wildman–Crippen MR) is 157 cm³/mol. The number of nitrogens with zero attached hydrogens (tertiary/aromatic N) is 6. The number of hydrogen-bond donors (Lipinski definition) is 1. The van der Waals surface area contributed by atoms with Gasteiger partial charge in [-0.1, -0.05) is 23.7 Å². The second-order valence-electron chi connectivity index (χ2n) is 10.7. The SMILES string of the molecule is Cn1ccn(-c2ccc(-n3c(=O)n(CC4CCC(NC(=O)c5cc(Cl)cnc5C(F)F)CC4)c4ccccc43)cn2)c1=O. The average Bonchev–Trinajstić information content (AvgIpc) is 3.48. The van der Waals surface area contributed by atoms with Gasteiger partial charge in [0.1, 0.15) is 11.5 Å². The van der Waals surface area contributed by atoms with Crippen LogP contribution in [0.15, 0.2) is 76.8 Å². The van der Waals surface area contributed by atoms with E-state index >= 15 is 0 Å². The van der Waals surface area contributed by atoms with Crippen LogP contribution in [0.5, 0.6) is 0 Å². The minimum Gasteiger partial charge on any atom is -0.349 e. The number of alkyl halides is 2. The average molecular weight is 608 g/mol. The monoisotopic (exact) mass is 607 g/mol. The maximum Gasteiger partial charge on any atom is 0.333 e. The number of aryl methyl sites for hydroxylation is 1.